The van der Waals surface area contributed by atoms with Crippen molar-refractivity contribution in [2.75, 3.05) is 6.79 Å². The van der Waals surface area contributed by atoms with E-state index in [2.05, 4.69) is 10.2 Å². The van der Waals surface area contributed by atoms with Crippen LogP contribution in [0, 0.1) is 10.1 Å². The highest BCUT2D eigenvalue weighted by atomic mass is 16.7. The lowest BCUT2D eigenvalue weighted by molar-refractivity contribution is -0.386. The van der Waals surface area contributed by atoms with Crippen LogP contribution in [0.2, 0.25) is 0 Å². The molecule has 1 N–H and O–H groups in total. The molecule has 126 valence electrons. The minimum Gasteiger partial charge on any atom is -0.454 e. The fourth-order valence-corrected chi connectivity index (χ4v) is 2.50. The number of hydrogen-bond acceptors (Lipinski definition) is 8. The van der Waals surface area contributed by atoms with Crippen molar-refractivity contribution in [1.82, 2.24) is 10.2 Å². The Morgan fingerprint density at radius 1 is 1.12 bits per heavy atom. The third-order valence-electron chi connectivity index (χ3n) is 3.71. The molecule has 4 rings (SSSR count). The van der Waals surface area contributed by atoms with Crippen molar-refractivity contribution in [1.29, 1.82) is 0 Å². The first-order valence-electron chi connectivity index (χ1n) is 7.28. The summed E-state index contributed by atoms with van der Waals surface area (Å²) in [5, 5.41) is 29.5. The summed E-state index contributed by atoms with van der Waals surface area (Å²) in [4.78, 5) is 10.7. The van der Waals surface area contributed by atoms with Crippen molar-refractivity contribution in [2.24, 2.45) is 0 Å². The van der Waals surface area contributed by atoms with Gasteiger partial charge < -0.3 is 19.0 Å². The summed E-state index contributed by atoms with van der Waals surface area (Å²) in [5.41, 5.74) is 0.336. The minimum absolute atomic E-state index is 0.0162. The Bertz CT molecular complexity index is 940. The predicted octanol–water partition coefficient (Wildman–Crippen LogP) is 2.46. The van der Waals surface area contributed by atoms with Crippen molar-refractivity contribution in [3.8, 4) is 23.0 Å². The van der Waals surface area contributed by atoms with Crippen LogP contribution in [-0.4, -0.2) is 27.0 Å². The minimum atomic E-state index is -1.47. The number of rotatable bonds is 4. The van der Waals surface area contributed by atoms with Gasteiger partial charge in [-0.2, -0.15) is 0 Å². The highest BCUT2D eigenvalue weighted by Crippen LogP contribution is 2.41. The van der Waals surface area contributed by atoms with Gasteiger partial charge in [-0.1, -0.05) is 18.2 Å². The fraction of sp³-hybridized carbons (Fsp3) is 0.125. The van der Waals surface area contributed by atoms with Crippen LogP contribution >= 0.6 is 0 Å². The molecule has 2 heterocycles. The number of ether oxygens (including phenoxy) is 2. The van der Waals surface area contributed by atoms with E-state index in [9.17, 15) is 15.2 Å². The highest BCUT2D eigenvalue weighted by Gasteiger charge is 2.30. The molecule has 1 aliphatic heterocycles. The molecule has 0 fully saturated rings. The maximum absolute atomic E-state index is 11.3. The van der Waals surface area contributed by atoms with Crippen LogP contribution in [0.3, 0.4) is 0 Å². The second-order valence-electron chi connectivity index (χ2n) is 5.24. The average Bonchev–Trinajstić information content (AvgIpc) is 3.29. The zero-order valence-electron chi connectivity index (χ0n) is 12.7. The molecule has 0 amide bonds. The second kappa shape index (κ2) is 5.87. The Morgan fingerprint density at radius 2 is 1.84 bits per heavy atom. The molecule has 9 nitrogen and oxygen atoms in total. The lowest BCUT2D eigenvalue weighted by atomic mass is 10.1. The molecule has 9 heteroatoms. The molecule has 0 bridgehead atoms. The number of nitro groups is 1. The number of benzene rings is 2. The maximum Gasteiger partial charge on any atom is 0.279 e. The Labute approximate surface area is 140 Å². The van der Waals surface area contributed by atoms with Crippen LogP contribution in [0.1, 0.15) is 17.6 Å². The van der Waals surface area contributed by atoms with Gasteiger partial charge in [0.15, 0.2) is 17.6 Å². The van der Waals surface area contributed by atoms with E-state index >= 15 is 0 Å². The summed E-state index contributed by atoms with van der Waals surface area (Å²) in [7, 11) is 0. The summed E-state index contributed by atoms with van der Waals surface area (Å²) < 4.78 is 15.8. The van der Waals surface area contributed by atoms with Crippen molar-refractivity contribution in [3.05, 3.63) is 64.0 Å². The van der Waals surface area contributed by atoms with Crippen LogP contribution < -0.4 is 9.47 Å². The Hall–Kier alpha value is -3.46. The fourth-order valence-electron chi connectivity index (χ4n) is 2.50. The average molecular weight is 341 g/mol. The van der Waals surface area contributed by atoms with Crippen molar-refractivity contribution in [2.45, 2.75) is 6.10 Å². The number of fused-ring (bicyclic) bond motifs is 1. The van der Waals surface area contributed by atoms with E-state index in [4.69, 9.17) is 13.9 Å². The SMILES string of the molecule is O=[N+]([O-])c1cc2c(cc1[C@@H](O)c1nnc(-c3ccccc3)o1)OCO2. The Kier molecular flexibility index (Phi) is 3.55. The van der Waals surface area contributed by atoms with Crippen LogP contribution in [-0.2, 0) is 0 Å². The summed E-state index contributed by atoms with van der Waals surface area (Å²) in [6.07, 6.45) is -1.47. The van der Waals surface area contributed by atoms with Crippen LogP contribution in [0.4, 0.5) is 5.69 Å². The molecule has 0 aliphatic carbocycles. The quantitative estimate of drug-likeness (QED) is 0.567. The zero-order valence-corrected chi connectivity index (χ0v) is 12.7. The summed E-state index contributed by atoms with van der Waals surface area (Å²) in [5.74, 6) is 0.611. The number of aliphatic hydroxyl groups is 1. The van der Waals surface area contributed by atoms with Gasteiger partial charge in [-0.25, -0.2) is 0 Å². The first-order valence-corrected chi connectivity index (χ1v) is 7.28. The topological polar surface area (TPSA) is 121 Å². The lowest BCUT2D eigenvalue weighted by Crippen LogP contribution is -2.04. The van der Waals surface area contributed by atoms with E-state index in [1.165, 1.54) is 12.1 Å². The van der Waals surface area contributed by atoms with Gasteiger partial charge in [0.1, 0.15) is 0 Å². The molecule has 25 heavy (non-hydrogen) atoms. The van der Waals surface area contributed by atoms with Gasteiger partial charge in [-0.05, 0) is 18.2 Å². The highest BCUT2D eigenvalue weighted by molar-refractivity contribution is 5.57. The van der Waals surface area contributed by atoms with Crippen molar-refractivity contribution in [3.63, 3.8) is 0 Å². The van der Waals surface area contributed by atoms with E-state index in [-0.39, 0.29) is 35.6 Å². The standard InChI is InChI=1S/C16H11N3O6/c20-14(16-18-17-15(25-16)9-4-2-1-3-5-9)10-6-12-13(24-8-23-12)7-11(10)19(21)22/h1-7,14,20H,8H2/t14-/m1/s1. The van der Waals surface area contributed by atoms with E-state index < -0.39 is 11.0 Å². The van der Waals surface area contributed by atoms with E-state index in [0.717, 1.165) is 0 Å². The largest absolute Gasteiger partial charge is 0.454 e. The molecule has 1 aromatic heterocycles. The monoisotopic (exact) mass is 341 g/mol. The first kappa shape index (κ1) is 15.1. The molecule has 0 saturated heterocycles. The van der Waals surface area contributed by atoms with Crippen molar-refractivity contribution < 1.29 is 23.9 Å². The number of nitro benzene ring substituents is 1. The normalized spacial score (nSPS) is 13.6. The van der Waals surface area contributed by atoms with Gasteiger partial charge in [0.2, 0.25) is 18.6 Å². The van der Waals surface area contributed by atoms with E-state index in [0.29, 0.717) is 11.3 Å². The van der Waals surface area contributed by atoms with Gasteiger partial charge in [0, 0.05) is 5.56 Å². The molecular formula is C16H11N3O6. The van der Waals surface area contributed by atoms with Crippen LogP contribution in [0.5, 0.6) is 11.5 Å². The first-order chi connectivity index (χ1) is 12.1. The number of aliphatic hydroxyl groups excluding tert-OH is 1. The molecule has 0 radical (unpaired) electrons. The Balaban J connectivity index is 1.73. The molecule has 3 aromatic rings. The third kappa shape index (κ3) is 2.66. The van der Waals surface area contributed by atoms with Crippen LogP contribution in [0.15, 0.2) is 46.9 Å². The molecule has 1 aliphatic rings. The number of hydrogen-bond donors (Lipinski definition) is 1. The Morgan fingerprint density at radius 3 is 2.56 bits per heavy atom. The molecule has 0 unspecified atom stereocenters. The van der Waals surface area contributed by atoms with Gasteiger partial charge in [-0.3, -0.25) is 10.1 Å². The maximum atomic E-state index is 11.3. The zero-order chi connectivity index (χ0) is 17.4. The molecular weight excluding hydrogens is 330 g/mol. The van der Waals surface area contributed by atoms with Crippen molar-refractivity contribution >= 4 is 5.69 Å². The van der Waals surface area contributed by atoms with Gasteiger partial charge in [0.05, 0.1) is 16.6 Å². The summed E-state index contributed by atoms with van der Waals surface area (Å²) in [6.45, 7) is -0.0370. The van der Waals surface area contributed by atoms with Gasteiger partial charge in [0.25, 0.3) is 5.69 Å². The third-order valence-corrected chi connectivity index (χ3v) is 3.71. The lowest BCUT2D eigenvalue weighted by Gasteiger charge is -2.08. The van der Waals surface area contributed by atoms with Gasteiger partial charge in [-0.15, -0.1) is 10.2 Å². The van der Waals surface area contributed by atoms with Gasteiger partial charge >= 0.3 is 0 Å². The predicted molar refractivity (Wildman–Crippen MR) is 83.0 cm³/mol. The molecule has 2 aromatic carbocycles. The van der Waals surface area contributed by atoms with Crippen LogP contribution in [0.25, 0.3) is 11.5 Å². The number of nitrogens with zero attached hydrogens (tertiary/aromatic N) is 3. The molecule has 1 atom stereocenters. The van der Waals surface area contributed by atoms with E-state index in [1.54, 1.807) is 24.3 Å². The summed E-state index contributed by atoms with van der Waals surface area (Å²) >= 11 is 0. The van der Waals surface area contributed by atoms with E-state index in [1.807, 2.05) is 6.07 Å². The molecule has 0 saturated carbocycles. The summed E-state index contributed by atoms with van der Waals surface area (Å²) in [6, 6.07) is 11.5. The number of aromatic nitrogens is 2. The molecule has 0 spiro atoms. The second-order valence-corrected chi connectivity index (χ2v) is 5.24. The smallest absolute Gasteiger partial charge is 0.279 e.